The number of nitrogens with zero attached hydrogens (tertiary/aromatic N) is 3. The number of rotatable bonds is 4. The van der Waals surface area contributed by atoms with E-state index in [2.05, 4.69) is 15.5 Å². The van der Waals surface area contributed by atoms with Gasteiger partial charge in [0.05, 0.1) is 27.5 Å². The summed E-state index contributed by atoms with van der Waals surface area (Å²) in [5.74, 6) is -0.578. The van der Waals surface area contributed by atoms with Gasteiger partial charge in [0, 0.05) is 5.39 Å². The van der Waals surface area contributed by atoms with E-state index in [1.165, 1.54) is 0 Å². The Balaban J connectivity index is 1.59. The summed E-state index contributed by atoms with van der Waals surface area (Å²) in [4.78, 5) is 12.4. The van der Waals surface area contributed by atoms with Crippen molar-refractivity contribution in [2.45, 2.75) is 25.2 Å². The lowest BCUT2D eigenvalue weighted by atomic mass is 10.1. The first kappa shape index (κ1) is 21.5. The van der Waals surface area contributed by atoms with Gasteiger partial charge in [0.15, 0.2) is 10.8 Å². The smallest absolute Gasteiger partial charge is 0.324 e. The Hall–Kier alpha value is -2.78. The molecule has 10 heteroatoms. The van der Waals surface area contributed by atoms with E-state index in [1.54, 1.807) is 0 Å². The lowest BCUT2D eigenvalue weighted by Gasteiger charge is -2.12. The molecule has 0 spiro atoms. The molecule has 0 bridgehead atoms. The van der Waals surface area contributed by atoms with Crippen LogP contribution in [0.5, 0.6) is 0 Å². The number of carbonyl (C=O) groups is 1. The molecule has 0 aliphatic carbocycles. The maximum Gasteiger partial charge on any atom is 0.416 e. The Labute approximate surface area is 184 Å². The van der Waals surface area contributed by atoms with Gasteiger partial charge in [-0.05, 0) is 49.2 Å². The third-order valence-electron chi connectivity index (χ3n) is 4.79. The number of hydrogen-bond acceptors (Lipinski definition) is 4. The number of alkyl halides is 3. The number of fused-ring (bicyclic) bond motifs is 3. The summed E-state index contributed by atoms with van der Waals surface area (Å²) in [7, 11) is 0. The zero-order valence-corrected chi connectivity index (χ0v) is 18.0. The van der Waals surface area contributed by atoms with Gasteiger partial charge in [0.1, 0.15) is 0 Å². The van der Waals surface area contributed by atoms with Gasteiger partial charge in [-0.15, -0.1) is 10.2 Å². The number of halogens is 4. The van der Waals surface area contributed by atoms with E-state index in [-0.39, 0.29) is 16.5 Å². The fourth-order valence-corrected chi connectivity index (χ4v) is 4.25. The first-order valence-electron chi connectivity index (χ1n) is 9.18. The van der Waals surface area contributed by atoms with Crippen molar-refractivity contribution >= 4 is 51.5 Å². The standard InChI is InChI=1S/C21H16ClF3N4OS/c1-11-4-3-5-14-12(2)8-17-27-28-20(29(17)19(11)14)31-10-18(30)26-16-9-13(21(23,24)25)6-7-15(16)22/h3-9H,10H2,1-2H3,(H,26,30). The number of nitrogens with one attached hydrogen (secondary N) is 1. The normalized spacial score (nSPS) is 11.9. The Kier molecular flexibility index (Phi) is 5.57. The molecule has 5 nitrogen and oxygen atoms in total. The van der Waals surface area contributed by atoms with Gasteiger partial charge in [-0.1, -0.05) is 41.6 Å². The number of para-hydroxylation sites is 1. The molecule has 0 saturated carbocycles. The average Bonchev–Trinajstić information content (AvgIpc) is 3.10. The quantitative estimate of drug-likeness (QED) is 0.382. The molecule has 0 aliphatic rings. The third kappa shape index (κ3) is 4.20. The first-order chi connectivity index (χ1) is 14.6. The van der Waals surface area contributed by atoms with E-state index >= 15 is 0 Å². The van der Waals surface area contributed by atoms with Crippen molar-refractivity contribution in [3.63, 3.8) is 0 Å². The maximum absolute atomic E-state index is 12.9. The lowest BCUT2D eigenvalue weighted by molar-refractivity contribution is -0.137. The molecule has 1 amide bonds. The van der Waals surface area contributed by atoms with Gasteiger partial charge in [0.2, 0.25) is 5.91 Å². The molecule has 0 saturated heterocycles. The van der Waals surface area contributed by atoms with Crippen molar-refractivity contribution in [2.24, 2.45) is 0 Å². The number of anilines is 1. The number of benzene rings is 2. The Morgan fingerprint density at radius 1 is 1.13 bits per heavy atom. The van der Waals surface area contributed by atoms with Crippen LogP contribution in [0.2, 0.25) is 5.02 Å². The van der Waals surface area contributed by atoms with Crippen LogP contribution in [0.25, 0.3) is 16.6 Å². The molecule has 2 aromatic carbocycles. The van der Waals surface area contributed by atoms with Crippen molar-refractivity contribution in [1.82, 2.24) is 14.6 Å². The molecule has 0 fully saturated rings. The van der Waals surface area contributed by atoms with E-state index in [0.29, 0.717) is 10.8 Å². The van der Waals surface area contributed by atoms with Crippen LogP contribution in [0, 0.1) is 13.8 Å². The summed E-state index contributed by atoms with van der Waals surface area (Å²) in [5, 5.41) is 12.4. The summed E-state index contributed by atoms with van der Waals surface area (Å²) in [5.41, 5.74) is 2.72. The topological polar surface area (TPSA) is 59.3 Å². The van der Waals surface area contributed by atoms with Crippen molar-refractivity contribution in [3.8, 4) is 0 Å². The highest BCUT2D eigenvalue weighted by atomic mass is 35.5. The molecule has 31 heavy (non-hydrogen) atoms. The van der Waals surface area contributed by atoms with Gasteiger partial charge in [-0.3, -0.25) is 9.20 Å². The highest BCUT2D eigenvalue weighted by Crippen LogP contribution is 2.34. The summed E-state index contributed by atoms with van der Waals surface area (Å²) >= 11 is 7.09. The second-order valence-corrected chi connectivity index (χ2v) is 8.35. The third-order valence-corrected chi connectivity index (χ3v) is 6.05. The minimum Gasteiger partial charge on any atom is -0.324 e. The zero-order chi connectivity index (χ0) is 22.3. The second-order valence-electron chi connectivity index (χ2n) is 7.00. The highest BCUT2D eigenvalue weighted by molar-refractivity contribution is 7.99. The lowest BCUT2D eigenvalue weighted by Crippen LogP contribution is -2.15. The number of hydrogen-bond donors (Lipinski definition) is 1. The fourth-order valence-electron chi connectivity index (χ4n) is 3.34. The van der Waals surface area contributed by atoms with Crippen LogP contribution in [0.15, 0.2) is 47.6 Å². The maximum atomic E-state index is 12.9. The summed E-state index contributed by atoms with van der Waals surface area (Å²) in [6, 6.07) is 10.7. The van der Waals surface area contributed by atoms with Gasteiger partial charge in [-0.2, -0.15) is 13.2 Å². The Morgan fingerprint density at radius 3 is 2.65 bits per heavy atom. The number of aryl methyl sites for hydroxylation is 2. The Bertz CT molecular complexity index is 1320. The van der Waals surface area contributed by atoms with Crippen LogP contribution < -0.4 is 5.32 Å². The fraction of sp³-hybridized carbons (Fsp3) is 0.190. The minimum atomic E-state index is -4.53. The van der Waals surface area contributed by atoms with Gasteiger partial charge >= 0.3 is 6.18 Å². The average molecular weight is 465 g/mol. The van der Waals surface area contributed by atoms with E-state index in [4.69, 9.17) is 11.6 Å². The minimum absolute atomic E-state index is 0.0244. The number of carbonyl (C=O) groups excluding carboxylic acids is 1. The predicted octanol–water partition coefficient (Wildman–Crippen LogP) is 5.90. The van der Waals surface area contributed by atoms with Crippen LogP contribution in [0.1, 0.15) is 16.7 Å². The summed E-state index contributed by atoms with van der Waals surface area (Å²) in [6.07, 6.45) is -4.53. The number of thioether (sulfide) groups is 1. The van der Waals surface area contributed by atoms with Crippen LogP contribution in [0.4, 0.5) is 18.9 Å². The molecule has 4 rings (SSSR count). The molecule has 0 aliphatic heterocycles. The second kappa shape index (κ2) is 8.05. The molecular formula is C21H16ClF3N4OS. The van der Waals surface area contributed by atoms with E-state index < -0.39 is 17.6 Å². The monoisotopic (exact) mass is 464 g/mol. The van der Waals surface area contributed by atoms with Gasteiger partial charge in [0.25, 0.3) is 0 Å². The zero-order valence-electron chi connectivity index (χ0n) is 16.4. The molecule has 1 N–H and O–H groups in total. The van der Waals surface area contributed by atoms with E-state index in [0.717, 1.165) is 52.0 Å². The van der Waals surface area contributed by atoms with Crippen molar-refractivity contribution < 1.29 is 18.0 Å². The van der Waals surface area contributed by atoms with Crippen molar-refractivity contribution in [1.29, 1.82) is 0 Å². The Morgan fingerprint density at radius 2 is 1.90 bits per heavy atom. The van der Waals surface area contributed by atoms with Crippen LogP contribution in [0.3, 0.4) is 0 Å². The number of aromatic nitrogens is 3. The largest absolute Gasteiger partial charge is 0.416 e. The highest BCUT2D eigenvalue weighted by Gasteiger charge is 2.31. The molecule has 2 heterocycles. The molecule has 4 aromatic rings. The van der Waals surface area contributed by atoms with Crippen LogP contribution >= 0.6 is 23.4 Å². The van der Waals surface area contributed by atoms with Crippen molar-refractivity contribution in [3.05, 3.63) is 64.2 Å². The molecule has 0 atom stereocenters. The van der Waals surface area contributed by atoms with Crippen molar-refractivity contribution in [2.75, 3.05) is 11.1 Å². The molecular weight excluding hydrogens is 449 g/mol. The molecule has 2 aromatic heterocycles. The van der Waals surface area contributed by atoms with Crippen LogP contribution in [-0.2, 0) is 11.0 Å². The molecule has 160 valence electrons. The van der Waals surface area contributed by atoms with Crippen LogP contribution in [-0.4, -0.2) is 26.3 Å². The number of amides is 1. The SMILES string of the molecule is Cc1cc2nnc(SCC(=O)Nc3cc(C(F)(F)F)ccc3Cl)n2c2c(C)cccc12. The first-order valence-corrected chi connectivity index (χ1v) is 10.5. The summed E-state index contributed by atoms with van der Waals surface area (Å²) in [6.45, 7) is 3.98. The van der Waals surface area contributed by atoms with E-state index in [9.17, 15) is 18.0 Å². The molecule has 0 unspecified atom stereocenters. The molecule has 0 radical (unpaired) electrons. The van der Waals surface area contributed by atoms with E-state index in [1.807, 2.05) is 42.5 Å². The number of pyridine rings is 1. The van der Waals surface area contributed by atoms with Gasteiger partial charge in [-0.25, -0.2) is 0 Å². The summed E-state index contributed by atoms with van der Waals surface area (Å²) < 4.78 is 40.7. The predicted molar refractivity (Wildman–Crippen MR) is 116 cm³/mol. The van der Waals surface area contributed by atoms with Gasteiger partial charge < -0.3 is 5.32 Å².